The highest BCUT2D eigenvalue weighted by molar-refractivity contribution is 5.25. The molecule has 1 heterocycles. The van der Waals surface area contributed by atoms with Crippen LogP contribution in [0.25, 0.3) is 0 Å². The van der Waals surface area contributed by atoms with Gasteiger partial charge in [-0.15, -0.1) is 0 Å². The van der Waals surface area contributed by atoms with Gasteiger partial charge in [0.15, 0.2) is 0 Å². The molecule has 1 saturated heterocycles. The highest BCUT2D eigenvalue weighted by Crippen LogP contribution is 2.56. The molecular formula is C16H23NO. The Hall–Kier alpha value is -0.860. The molecule has 1 aromatic rings. The fourth-order valence-electron chi connectivity index (χ4n) is 4.04. The van der Waals surface area contributed by atoms with Crippen molar-refractivity contribution < 1.29 is 5.11 Å². The van der Waals surface area contributed by atoms with Crippen LogP contribution in [0, 0.1) is 12.3 Å². The maximum absolute atomic E-state index is 10.0. The first-order valence-electron chi connectivity index (χ1n) is 7.01. The Morgan fingerprint density at radius 1 is 1.22 bits per heavy atom. The van der Waals surface area contributed by atoms with Crippen LogP contribution in [-0.4, -0.2) is 17.3 Å². The third-order valence-corrected chi connectivity index (χ3v) is 4.67. The molecule has 0 radical (unpaired) electrons. The highest BCUT2D eigenvalue weighted by Gasteiger charge is 2.52. The zero-order valence-electron chi connectivity index (χ0n) is 11.4. The van der Waals surface area contributed by atoms with Crippen LogP contribution in [0.1, 0.15) is 49.8 Å². The molecule has 0 amide bonds. The molecule has 1 spiro atoms. The lowest BCUT2D eigenvalue weighted by molar-refractivity contribution is -0.132. The lowest BCUT2D eigenvalue weighted by atomic mass is 9.54. The van der Waals surface area contributed by atoms with Gasteiger partial charge < -0.3 is 10.4 Å². The summed E-state index contributed by atoms with van der Waals surface area (Å²) in [6.45, 7) is 5.18. The molecule has 1 atom stereocenters. The molecule has 2 aliphatic rings. The van der Waals surface area contributed by atoms with E-state index in [1.807, 2.05) is 6.92 Å². The minimum absolute atomic E-state index is 0.393. The molecule has 1 unspecified atom stereocenters. The van der Waals surface area contributed by atoms with E-state index < -0.39 is 5.60 Å². The van der Waals surface area contributed by atoms with Crippen molar-refractivity contribution in [2.75, 3.05) is 6.54 Å². The second kappa shape index (κ2) is 4.07. The van der Waals surface area contributed by atoms with Crippen LogP contribution in [0.5, 0.6) is 0 Å². The number of benzene rings is 1. The second-order valence-corrected chi connectivity index (χ2v) is 6.72. The van der Waals surface area contributed by atoms with Gasteiger partial charge in [0.1, 0.15) is 0 Å². The van der Waals surface area contributed by atoms with E-state index in [-0.39, 0.29) is 0 Å². The van der Waals surface area contributed by atoms with Crippen LogP contribution >= 0.6 is 0 Å². The quantitative estimate of drug-likeness (QED) is 0.797. The van der Waals surface area contributed by atoms with Crippen LogP contribution in [0.4, 0.5) is 0 Å². The van der Waals surface area contributed by atoms with Crippen molar-refractivity contribution in [1.82, 2.24) is 5.32 Å². The zero-order chi connectivity index (χ0) is 12.8. The Morgan fingerprint density at radius 3 is 2.50 bits per heavy atom. The molecule has 98 valence electrons. The van der Waals surface area contributed by atoms with E-state index >= 15 is 0 Å². The fraction of sp³-hybridized carbons (Fsp3) is 0.625. The Balaban J connectivity index is 1.73. The number of hydrogen-bond donors (Lipinski definition) is 2. The number of rotatable bonds is 1. The topological polar surface area (TPSA) is 32.3 Å². The van der Waals surface area contributed by atoms with E-state index in [0.29, 0.717) is 11.5 Å². The Bertz CT molecular complexity index is 427. The fourth-order valence-corrected chi connectivity index (χ4v) is 4.04. The summed E-state index contributed by atoms with van der Waals surface area (Å²) in [5.41, 5.74) is 2.70. The summed E-state index contributed by atoms with van der Waals surface area (Å²) >= 11 is 0. The summed E-state index contributed by atoms with van der Waals surface area (Å²) in [4.78, 5) is 0. The van der Waals surface area contributed by atoms with Gasteiger partial charge in [0.2, 0.25) is 0 Å². The summed E-state index contributed by atoms with van der Waals surface area (Å²) in [5.74, 6) is 0. The highest BCUT2D eigenvalue weighted by atomic mass is 16.3. The van der Waals surface area contributed by atoms with Gasteiger partial charge >= 0.3 is 0 Å². The Kier molecular flexibility index (Phi) is 2.76. The number of aliphatic hydroxyl groups is 1. The molecule has 2 nitrogen and oxygen atoms in total. The van der Waals surface area contributed by atoms with Gasteiger partial charge in [-0.25, -0.2) is 0 Å². The van der Waals surface area contributed by atoms with Gasteiger partial charge in [-0.2, -0.15) is 0 Å². The van der Waals surface area contributed by atoms with Gasteiger partial charge in [-0.1, -0.05) is 29.8 Å². The maximum atomic E-state index is 10.0. The molecule has 3 rings (SSSR count). The van der Waals surface area contributed by atoms with Crippen molar-refractivity contribution in [3.05, 3.63) is 35.4 Å². The normalized spacial score (nSPS) is 39.6. The zero-order valence-corrected chi connectivity index (χ0v) is 11.4. The van der Waals surface area contributed by atoms with Crippen LogP contribution in [0.3, 0.4) is 0 Å². The monoisotopic (exact) mass is 245 g/mol. The largest absolute Gasteiger partial charge is 0.390 e. The molecule has 1 saturated carbocycles. The average Bonchev–Trinajstić information content (AvgIpc) is 2.27. The van der Waals surface area contributed by atoms with Crippen LogP contribution in [-0.2, 0) is 0 Å². The van der Waals surface area contributed by atoms with Crippen molar-refractivity contribution in [1.29, 1.82) is 0 Å². The van der Waals surface area contributed by atoms with E-state index in [1.54, 1.807) is 0 Å². The van der Waals surface area contributed by atoms with Crippen molar-refractivity contribution in [3.63, 3.8) is 0 Å². The summed E-state index contributed by atoms with van der Waals surface area (Å²) in [6, 6.07) is 9.33. The van der Waals surface area contributed by atoms with E-state index in [9.17, 15) is 5.11 Å². The summed E-state index contributed by atoms with van der Waals surface area (Å²) < 4.78 is 0. The molecular weight excluding hydrogens is 222 g/mol. The van der Waals surface area contributed by atoms with Crippen LogP contribution in [0.2, 0.25) is 0 Å². The lowest BCUT2D eigenvalue weighted by Gasteiger charge is -2.55. The van der Waals surface area contributed by atoms with Gasteiger partial charge in [-0.3, -0.25) is 0 Å². The van der Waals surface area contributed by atoms with E-state index in [0.717, 1.165) is 19.4 Å². The molecule has 0 bridgehead atoms. The predicted molar refractivity (Wildman–Crippen MR) is 73.4 cm³/mol. The SMILES string of the molecule is Cc1ccc(C2CC3(CCN2)CC(C)(O)C3)cc1. The Labute approximate surface area is 109 Å². The summed E-state index contributed by atoms with van der Waals surface area (Å²) in [7, 11) is 0. The first kappa shape index (κ1) is 12.2. The minimum Gasteiger partial charge on any atom is -0.390 e. The molecule has 1 aliphatic carbocycles. The summed E-state index contributed by atoms with van der Waals surface area (Å²) in [5, 5.41) is 13.6. The molecule has 2 N–H and O–H groups in total. The molecule has 18 heavy (non-hydrogen) atoms. The first-order valence-corrected chi connectivity index (χ1v) is 7.01. The first-order chi connectivity index (χ1) is 8.48. The van der Waals surface area contributed by atoms with E-state index in [1.165, 1.54) is 24.0 Å². The molecule has 1 aromatic carbocycles. The van der Waals surface area contributed by atoms with Gasteiger partial charge in [-0.05, 0) is 57.1 Å². The number of nitrogens with one attached hydrogen (secondary N) is 1. The van der Waals surface area contributed by atoms with E-state index in [2.05, 4.69) is 36.5 Å². The van der Waals surface area contributed by atoms with E-state index in [4.69, 9.17) is 0 Å². The average molecular weight is 245 g/mol. The van der Waals surface area contributed by atoms with Crippen molar-refractivity contribution in [2.24, 2.45) is 5.41 Å². The van der Waals surface area contributed by atoms with Crippen LogP contribution < -0.4 is 5.32 Å². The second-order valence-electron chi connectivity index (χ2n) is 6.72. The standard InChI is InChI=1S/C16H23NO/c1-12-3-5-13(6-4-12)14-9-16(7-8-17-14)10-15(2,18)11-16/h3-6,14,17-18H,7-11H2,1-2H3. The molecule has 2 fully saturated rings. The van der Waals surface area contributed by atoms with Gasteiger partial charge in [0.05, 0.1) is 5.60 Å². The van der Waals surface area contributed by atoms with Gasteiger partial charge in [0.25, 0.3) is 0 Å². The third kappa shape index (κ3) is 2.19. The number of aryl methyl sites for hydroxylation is 1. The van der Waals surface area contributed by atoms with Crippen LogP contribution in [0.15, 0.2) is 24.3 Å². The third-order valence-electron chi connectivity index (χ3n) is 4.67. The predicted octanol–water partition coefficient (Wildman–Crippen LogP) is 2.95. The minimum atomic E-state index is -0.408. The smallest absolute Gasteiger partial charge is 0.0630 e. The van der Waals surface area contributed by atoms with Crippen molar-refractivity contribution in [3.8, 4) is 0 Å². The molecule has 0 aromatic heterocycles. The van der Waals surface area contributed by atoms with Crippen molar-refractivity contribution >= 4 is 0 Å². The lowest BCUT2D eigenvalue weighted by Crippen LogP contribution is -2.54. The molecule has 1 aliphatic heterocycles. The Morgan fingerprint density at radius 2 is 1.89 bits per heavy atom. The maximum Gasteiger partial charge on any atom is 0.0630 e. The number of hydrogen-bond acceptors (Lipinski definition) is 2. The number of piperidine rings is 1. The summed E-state index contributed by atoms with van der Waals surface area (Å²) in [6.07, 6.45) is 4.34. The van der Waals surface area contributed by atoms with Gasteiger partial charge in [0, 0.05) is 6.04 Å². The molecule has 2 heteroatoms. The van der Waals surface area contributed by atoms with Crippen molar-refractivity contribution in [2.45, 2.75) is 51.2 Å².